The molecule has 0 saturated carbocycles. The molecule has 0 aliphatic carbocycles. The molecule has 0 atom stereocenters. The van der Waals surface area contributed by atoms with Crippen LogP contribution in [0.1, 0.15) is 0 Å². The summed E-state index contributed by atoms with van der Waals surface area (Å²) < 4.78 is 0. The van der Waals surface area contributed by atoms with E-state index < -0.39 is 0 Å². The summed E-state index contributed by atoms with van der Waals surface area (Å²) in [6.07, 6.45) is 0. The number of benzene rings is 6. The average molecular weight is 730 g/mol. The minimum atomic E-state index is 0.341. The second-order valence-electron chi connectivity index (χ2n) is 11.4. The van der Waals surface area contributed by atoms with Gasteiger partial charge in [0.05, 0.1) is 25.8 Å². The van der Waals surface area contributed by atoms with Crippen LogP contribution in [0.25, 0.3) is 44.1 Å². The van der Waals surface area contributed by atoms with Crippen molar-refractivity contribution in [3.05, 3.63) is 166 Å². The van der Waals surface area contributed by atoms with Gasteiger partial charge in [-0.15, -0.1) is 20.4 Å². The van der Waals surface area contributed by atoms with Gasteiger partial charge >= 0.3 is 0 Å². The maximum atomic E-state index is 7.07. The molecule has 0 spiro atoms. The zero-order valence-corrected chi connectivity index (χ0v) is 29.1. The fourth-order valence-corrected chi connectivity index (χ4v) is 6.90. The first-order valence-corrected chi connectivity index (χ1v) is 17.1. The van der Waals surface area contributed by atoms with Crippen molar-refractivity contribution >= 4 is 91.0 Å². The molecule has 10 heteroatoms. The maximum Gasteiger partial charge on any atom is 0.183 e. The summed E-state index contributed by atoms with van der Waals surface area (Å²) >= 11 is 27.3. The molecule has 0 bridgehead atoms. The Morgan fingerprint density at radius 1 is 0.360 bits per heavy atom. The fraction of sp³-hybridized carbons (Fsp3) is 0. The number of hydrogen-bond acceptors (Lipinski definition) is 6. The molecular weight excluding hydrogens is 706 g/mol. The Bertz CT molecular complexity index is 2490. The molecule has 50 heavy (non-hydrogen) atoms. The van der Waals surface area contributed by atoms with Gasteiger partial charge in [-0.2, -0.15) is 0 Å². The summed E-state index contributed by atoms with van der Waals surface area (Å²) in [6, 6.07) is 46.5. The number of fused-ring (bicyclic) bond motifs is 2. The van der Waals surface area contributed by atoms with Gasteiger partial charge in [-0.3, -0.25) is 0 Å². The molecule has 242 valence electrons. The topological polar surface area (TPSA) is 58.0 Å². The highest BCUT2D eigenvalue weighted by atomic mass is 35.5. The molecule has 6 nitrogen and oxygen atoms in total. The Kier molecular flexibility index (Phi) is 8.69. The van der Waals surface area contributed by atoms with Gasteiger partial charge in [0.2, 0.25) is 0 Å². The standard InChI is InChI=1S/C40H24Cl4N6/c41-32-23-22-27(24-35(32)44)49(39-30-18-9-7-16-28(30)36(45-47-39)25-12-3-1-4-13-25)50(38-33(42)20-11-21-34(38)43)40-31-19-10-8-17-29(31)37(46-48-40)26-14-5-2-6-15-26/h1-24H. The first-order valence-electron chi connectivity index (χ1n) is 15.6. The third-order valence-corrected chi connectivity index (χ3v) is 9.68. The van der Waals surface area contributed by atoms with Gasteiger partial charge in [0.15, 0.2) is 11.6 Å². The van der Waals surface area contributed by atoms with Crippen LogP contribution in [-0.2, 0) is 0 Å². The van der Waals surface area contributed by atoms with Crippen LogP contribution in [0.3, 0.4) is 0 Å². The zero-order chi connectivity index (χ0) is 34.2. The minimum absolute atomic E-state index is 0.341. The summed E-state index contributed by atoms with van der Waals surface area (Å²) in [7, 11) is 0. The second-order valence-corrected chi connectivity index (χ2v) is 13.0. The second kappa shape index (κ2) is 13.6. The van der Waals surface area contributed by atoms with Crippen LogP contribution in [0.5, 0.6) is 0 Å². The number of anilines is 4. The summed E-state index contributed by atoms with van der Waals surface area (Å²) in [4.78, 5) is 0. The van der Waals surface area contributed by atoms with E-state index in [9.17, 15) is 0 Å². The number of hydrogen-bond donors (Lipinski definition) is 0. The third kappa shape index (κ3) is 5.76. The van der Waals surface area contributed by atoms with E-state index >= 15 is 0 Å². The maximum absolute atomic E-state index is 7.07. The summed E-state index contributed by atoms with van der Waals surface area (Å²) in [5.41, 5.74) is 4.38. The highest BCUT2D eigenvalue weighted by Gasteiger charge is 2.32. The van der Waals surface area contributed by atoms with Crippen LogP contribution in [0.15, 0.2) is 146 Å². The van der Waals surface area contributed by atoms with Crippen molar-refractivity contribution in [1.82, 2.24) is 20.4 Å². The van der Waals surface area contributed by atoms with Crippen molar-refractivity contribution in [1.29, 1.82) is 0 Å². The lowest BCUT2D eigenvalue weighted by Crippen LogP contribution is -2.38. The van der Waals surface area contributed by atoms with Crippen LogP contribution >= 0.6 is 46.4 Å². The lowest BCUT2D eigenvalue weighted by Gasteiger charge is -2.38. The van der Waals surface area contributed by atoms with Crippen molar-refractivity contribution in [3.63, 3.8) is 0 Å². The molecule has 0 aliphatic rings. The van der Waals surface area contributed by atoms with Crippen molar-refractivity contribution in [2.24, 2.45) is 0 Å². The monoisotopic (exact) mass is 728 g/mol. The van der Waals surface area contributed by atoms with Gasteiger partial charge < -0.3 is 0 Å². The molecule has 0 fully saturated rings. The summed E-state index contributed by atoms with van der Waals surface area (Å²) in [5, 5.41) is 28.0. The van der Waals surface area contributed by atoms with Crippen LogP contribution in [0.4, 0.5) is 23.0 Å². The van der Waals surface area contributed by atoms with E-state index in [4.69, 9.17) is 66.8 Å². The van der Waals surface area contributed by atoms with Crippen molar-refractivity contribution < 1.29 is 0 Å². The van der Waals surface area contributed by atoms with Gasteiger partial charge in [0.1, 0.15) is 17.1 Å². The van der Waals surface area contributed by atoms with Crippen LogP contribution in [0.2, 0.25) is 20.1 Å². The molecule has 0 saturated heterocycles. The number of nitrogens with zero attached hydrogens (tertiary/aromatic N) is 6. The molecule has 0 N–H and O–H groups in total. The van der Waals surface area contributed by atoms with Crippen molar-refractivity contribution in [2.45, 2.75) is 0 Å². The SMILES string of the molecule is Clc1ccc(N(c2nnc(-c3ccccc3)c3ccccc23)N(c2c(Cl)cccc2Cl)c2nnc(-c3ccccc3)c3ccccc23)cc1Cl. The first-order chi connectivity index (χ1) is 24.5. The Labute approximate surface area is 308 Å². The molecule has 8 aromatic rings. The van der Waals surface area contributed by atoms with E-state index in [0.717, 1.165) is 44.1 Å². The van der Waals surface area contributed by atoms with Crippen LogP contribution < -0.4 is 10.0 Å². The van der Waals surface area contributed by atoms with E-state index in [1.165, 1.54) is 0 Å². The Morgan fingerprint density at radius 3 is 1.32 bits per heavy atom. The highest BCUT2D eigenvalue weighted by Crippen LogP contribution is 2.47. The van der Waals surface area contributed by atoms with E-state index in [-0.39, 0.29) is 0 Å². The van der Waals surface area contributed by atoms with Crippen LogP contribution in [-0.4, -0.2) is 20.4 Å². The Hall–Kier alpha value is -5.24. The summed E-state index contributed by atoms with van der Waals surface area (Å²) in [5.74, 6) is 0.909. The van der Waals surface area contributed by atoms with E-state index in [1.807, 2.05) is 125 Å². The first kappa shape index (κ1) is 32.0. The molecule has 2 aromatic heterocycles. The molecule has 6 aromatic carbocycles. The Balaban J connectivity index is 1.48. The van der Waals surface area contributed by atoms with Gasteiger partial charge in [-0.25, -0.2) is 10.0 Å². The molecule has 2 heterocycles. The lowest BCUT2D eigenvalue weighted by molar-refractivity contribution is 0.896. The average Bonchev–Trinajstić information content (AvgIpc) is 3.16. The fourth-order valence-electron chi connectivity index (χ4n) is 6.05. The van der Waals surface area contributed by atoms with E-state index in [1.54, 1.807) is 30.3 Å². The smallest absolute Gasteiger partial charge is 0.183 e. The van der Waals surface area contributed by atoms with Gasteiger partial charge in [-0.05, 0) is 30.3 Å². The van der Waals surface area contributed by atoms with E-state index in [0.29, 0.717) is 43.1 Å². The number of halogens is 4. The number of rotatable bonds is 7. The molecule has 0 unspecified atom stereocenters. The molecule has 0 aliphatic heterocycles. The minimum Gasteiger partial charge on any atom is -0.227 e. The van der Waals surface area contributed by atoms with Crippen molar-refractivity contribution in [3.8, 4) is 22.5 Å². The summed E-state index contributed by atoms with van der Waals surface area (Å²) in [6.45, 7) is 0. The molecular formula is C40H24Cl4N6. The lowest BCUT2D eigenvalue weighted by atomic mass is 10.0. The normalized spacial score (nSPS) is 11.2. The number of hydrazine groups is 1. The molecule has 8 rings (SSSR count). The van der Waals surface area contributed by atoms with Gasteiger partial charge in [0.25, 0.3) is 0 Å². The number of aromatic nitrogens is 4. The number of para-hydroxylation sites is 1. The van der Waals surface area contributed by atoms with E-state index in [2.05, 4.69) is 0 Å². The largest absolute Gasteiger partial charge is 0.227 e. The van der Waals surface area contributed by atoms with Gasteiger partial charge in [0, 0.05) is 32.7 Å². The predicted octanol–water partition coefficient (Wildman–Crippen LogP) is 12.4. The van der Waals surface area contributed by atoms with Gasteiger partial charge in [-0.1, -0.05) is 162 Å². The van der Waals surface area contributed by atoms with Crippen LogP contribution in [0, 0.1) is 0 Å². The predicted molar refractivity (Wildman–Crippen MR) is 207 cm³/mol. The quantitative estimate of drug-likeness (QED) is 0.152. The molecule has 0 radical (unpaired) electrons. The third-order valence-electron chi connectivity index (χ3n) is 8.33. The van der Waals surface area contributed by atoms with Crippen molar-refractivity contribution in [2.75, 3.05) is 10.0 Å². The Morgan fingerprint density at radius 2 is 0.820 bits per heavy atom. The molecule has 0 amide bonds. The zero-order valence-electron chi connectivity index (χ0n) is 26.1. The highest BCUT2D eigenvalue weighted by molar-refractivity contribution is 6.42.